The Labute approximate surface area is 110 Å². The molecular formula is C11H16N2O4S. The molecule has 0 atom stereocenters. The first-order chi connectivity index (χ1) is 8.60. The second-order valence-corrected chi connectivity index (χ2v) is 4.34. The molecule has 0 saturated carbocycles. The predicted molar refractivity (Wildman–Crippen MR) is 66.9 cm³/mol. The Bertz CT molecular complexity index is 419. The lowest BCUT2D eigenvalue weighted by atomic mass is 10.4. The highest BCUT2D eigenvalue weighted by atomic mass is 32.1. The number of ether oxygens (including phenoxy) is 2. The van der Waals surface area contributed by atoms with Crippen LogP contribution in [0.1, 0.15) is 27.2 Å². The highest BCUT2D eigenvalue weighted by Gasteiger charge is 2.18. The number of nitrogens with zero attached hydrogens (tertiary/aromatic N) is 2. The van der Waals surface area contributed by atoms with Gasteiger partial charge in [0.05, 0.1) is 13.2 Å². The van der Waals surface area contributed by atoms with Gasteiger partial charge in [0.2, 0.25) is 5.01 Å². The van der Waals surface area contributed by atoms with Crippen LogP contribution in [0.25, 0.3) is 0 Å². The quantitative estimate of drug-likeness (QED) is 0.724. The first kappa shape index (κ1) is 14.6. The summed E-state index contributed by atoms with van der Waals surface area (Å²) >= 11 is 1.10. The third-order valence-corrected chi connectivity index (χ3v) is 2.97. The Morgan fingerprint density at radius 2 is 2.22 bits per heavy atom. The smallest absolute Gasteiger partial charge is 0.367 e. The van der Waals surface area contributed by atoms with Crippen LogP contribution in [-0.2, 0) is 9.47 Å². The third kappa shape index (κ3) is 3.78. The third-order valence-electron chi connectivity index (χ3n) is 2.15. The van der Waals surface area contributed by atoms with Crippen molar-refractivity contribution in [2.45, 2.75) is 6.92 Å². The van der Waals surface area contributed by atoms with E-state index in [1.807, 2.05) is 0 Å². The van der Waals surface area contributed by atoms with Crippen molar-refractivity contribution in [3.05, 3.63) is 16.1 Å². The molecule has 1 aromatic rings. The van der Waals surface area contributed by atoms with Crippen molar-refractivity contribution in [3.63, 3.8) is 0 Å². The normalized spacial score (nSPS) is 10.2. The summed E-state index contributed by atoms with van der Waals surface area (Å²) < 4.78 is 9.70. The average Bonchev–Trinajstić information content (AvgIpc) is 2.84. The summed E-state index contributed by atoms with van der Waals surface area (Å²) in [7, 11) is 3.23. The molecule has 6 nitrogen and oxygen atoms in total. The molecule has 0 aromatic carbocycles. The van der Waals surface area contributed by atoms with Gasteiger partial charge in [-0.05, 0) is 6.92 Å². The standard InChI is InChI=1S/C11H16N2O4S/c1-4-17-11(15)9-12-8(7-18-9)10(14)13(2)5-6-16-3/h7H,4-6H2,1-3H3. The highest BCUT2D eigenvalue weighted by molar-refractivity contribution is 7.11. The average molecular weight is 272 g/mol. The van der Waals surface area contributed by atoms with Crippen LogP contribution in [0.15, 0.2) is 5.38 Å². The van der Waals surface area contributed by atoms with Gasteiger partial charge in [0.1, 0.15) is 5.69 Å². The fraction of sp³-hybridized carbons (Fsp3) is 0.545. The van der Waals surface area contributed by atoms with E-state index < -0.39 is 5.97 Å². The van der Waals surface area contributed by atoms with Gasteiger partial charge in [-0.2, -0.15) is 0 Å². The van der Waals surface area contributed by atoms with Crippen molar-refractivity contribution in [3.8, 4) is 0 Å². The Balaban J connectivity index is 2.67. The number of carbonyl (C=O) groups is 2. The molecule has 0 aliphatic carbocycles. The van der Waals surface area contributed by atoms with Crippen LogP contribution in [0.4, 0.5) is 0 Å². The van der Waals surface area contributed by atoms with E-state index in [1.54, 1.807) is 26.5 Å². The number of methoxy groups -OCH3 is 1. The number of esters is 1. The molecule has 0 saturated heterocycles. The summed E-state index contributed by atoms with van der Waals surface area (Å²) in [6, 6.07) is 0. The molecule has 1 aromatic heterocycles. The zero-order valence-corrected chi connectivity index (χ0v) is 11.5. The largest absolute Gasteiger partial charge is 0.461 e. The van der Waals surface area contributed by atoms with Crippen molar-refractivity contribution < 1.29 is 19.1 Å². The molecule has 1 rings (SSSR count). The fourth-order valence-electron chi connectivity index (χ4n) is 1.18. The van der Waals surface area contributed by atoms with Crippen LogP contribution >= 0.6 is 11.3 Å². The summed E-state index contributed by atoms with van der Waals surface area (Å²) in [6.45, 7) is 2.93. The lowest BCUT2D eigenvalue weighted by Crippen LogP contribution is -2.30. The monoisotopic (exact) mass is 272 g/mol. The lowest BCUT2D eigenvalue weighted by molar-refractivity contribution is 0.0525. The first-order valence-electron chi connectivity index (χ1n) is 5.47. The van der Waals surface area contributed by atoms with Crippen LogP contribution in [-0.4, -0.2) is 55.7 Å². The number of aromatic nitrogens is 1. The van der Waals surface area contributed by atoms with Gasteiger partial charge in [-0.3, -0.25) is 4.79 Å². The molecule has 18 heavy (non-hydrogen) atoms. The predicted octanol–water partition coefficient (Wildman–Crippen LogP) is 1.04. The molecule has 0 aliphatic rings. The second kappa shape index (κ2) is 7.07. The minimum Gasteiger partial charge on any atom is -0.461 e. The second-order valence-electron chi connectivity index (χ2n) is 3.48. The van der Waals surface area contributed by atoms with Gasteiger partial charge < -0.3 is 14.4 Å². The maximum Gasteiger partial charge on any atom is 0.367 e. The molecule has 0 fully saturated rings. The summed E-state index contributed by atoms with van der Waals surface area (Å²) in [6.07, 6.45) is 0. The highest BCUT2D eigenvalue weighted by Crippen LogP contribution is 2.12. The SMILES string of the molecule is CCOC(=O)c1nc(C(=O)N(C)CCOC)cs1. The van der Waals surface area contributed by atoms with E-state index in [-0.39, 0.29) is 23.2 Å². The summed E-state index contributed by atoms with van der Waals surface area (Å²) in [5, 5.41) is 1.75. The van der Waals surface area contributed by atoms with Gasteiger partial charge in [-0.15, -0.1) is 11.3 Å². The van der Waals surface area contributed by atoms with Gasteiger partial charge in [-0.25, -0.2) is 9.78 Å². The van der Waals surface area contributed by atoms with Gasteiger partial charge in [-0.1, -0.05) is 0 Å². The number of carbonyl (C=O) groups excluding carboxylic acids is 2. The number of thiazole rings is 1. The van der Waals surface area contributed by atoms with Crippen LogP contribution in [0.2, 0.25) is 0 Å². The molecular weight excluding hydrogens is 256 g/mol. The van der Waals surface area contributed by atoms with Crippen molar-refractivity contribution in [1.82, 2.24) is 9.88 Å². The topological polar surface area (TPSA) is 68.7 Å². The van der Waals surface area contributed by atoms with Crippen molar-refractivity contribution >= 4 is 23.2 Å². The van der Waals surface area contributed by atoms with Crippen molar-refractivity contribution in [2.24, 2.45) is 0 Å². The molecule has 0 radical (unpaired) electrons. The lowest BCUT2D eigenvalue weighted by Gasteiger charge is -2.14. The number of likely N-dealkylation sites (N-methyl/N-ethyl adjacent to an activating group) is 1. The van der Waals surface area contributed by atoms with Crippen LogP contribution in [0.3, 0.4) is 0 Å². The van der Waals surface area contributed by atoms with E-state index >= 15 is 0 Å². The Kier molecular flexibility index (Phi) is 5.73. The van der Waals surface area contributed by atoms with E-state index in [4.69, 9.17) is 9.47 Å². The van der Waals surface area contributed by atoms with Gasteiger partial charge in [0, 0.05) is 26.1 Å². The van der Waals surface area contributed by atoms with E-state index in [0.717, 1.165) is 11.3 Å². The molecule has 0 bridgehead atoms. The maximum atomic E-state index is 11.9. The maximum absolute atomic E-state index is 11.9. The summed E-state index contributed by atoms with van der Waals surface area (Å²) in [5.74, 6) is -0.736. The molecule has 100 valence electrons. The Hall–Kier alpha value is -1.47. The van der Waals surface area contributed by atoms with Gasteiger partial charge in [0.15, 0.2) is 0 Å². The molecule has 7 heteroatoms. The van der Waals surface area contributed by atoms with E-state index in [2.05, 4.69) is 4.98 Å². The fourth-order valence-corrected chi connectivity index (χ4v) is 1.87. The van der Waals surface area contributed by atoms with Crippen LogP contribution in [0, 0.1) is 0 Å². The summed E-state index contributed by atoms with van der Waals surface area (Å²) in [4.78, 5) is 28.8. The van der Waals surface area contributed by atoms with E-state index in [9.17, 15) is 9.59 Å². The Morgan fingerprint density at radius 3 is 2.83 bits per heavy atom. The van der Waals surface area contributed by atoms with E-state index in [0.29, 0.717) is 13.2 Å². The minimum absolute atomic E-state index is 0.195. The number of amides is 1. The van der Waals surface area contributed by atoms with Crippen molar-refractivity contribution in [2.75, 3.05) is 33.9 Å². The van der Waals surface area contributed by atoms with Gasteiger partial charge in [0.25, 0.3) is 5.91 Å². The van der Waals surface area contributed by atoms with Crippen LogP contribution < -0.4 is 0 Å². The Morgan fingerprint density at radius 1 is 1.50 bits per heavy atom. The molecule has 0 N–H and O–H groups in total. The molecule has 0 aliphatic heterocycles. The molecule has 0 spiro atoms. The molecule has 1 heterocycles. The summed E-state index contributed by atoms with van der Waals surface area (Å²) in [5.41, 5.74) is 0.252. The minimum atomic E-state index is -0.499. The number of hydrogen-bond donors (Lipinski definition) is 0. The number of hydrogen-bond acceptors (Lipinski definition) is 6. The van der Waals surface area contributed by atoms with Gasteiger partial charge >= 0.3 is 5.97 Å². The first-order valence-corrected chi connectivity index (χ1v) is 6.35. The molecule has 1 amide bonds. The zero-order chi connectivity index (χ0) is 13.5. The van der Waals surface area contributed by atoms with Crippen LogP contribution in [0.5, 0.6) is 0 Å². The number of rotatable bonds is 6. The van der Waals surface area contributed by atoms with Crippen molar-refractivity contribution in [1.29, 1.82) is 0 Å². The zero-order valence-electron chi connectivity index (χ0n) is 10.6. The molecule has 0 unspecified atom stereocenters. The van der Waals surface area contributed by atoms with E-state index in [1.165, 1.54) is 4.90 Å².